The summed E-state index contributed by atoms with van der Waals surface area (Å²) in [5.74, 6) is 1.74. The van der Waals surface area contributed by atoms with Crippen molar-refractivity contribution in [1.82, 2.24) is 10.6 Å². The van der Waals surface area contributed by atoms with Crippen molar-refractivity contribution in [2.75, 3.05) is 6.54 Å². The summed E-state index contributed by atoms with van der Waals surface area (Å²) in [5, 5.41) is 11.0. The second-order valence-corrected chi connectivity index (χ2v) is 5.07. The van der Waals surface area contributed by atoms with Crippen molar-refractivity contribution in [3.63, 3.8) is 0 Å². The number of thiophene rings is 1. The van der Waals surface area contributed by atoms with Crippen molar-refractivity contribution in [2.24, 2.45) is 10.9 Å². The Bertz CT molecular complexity index is 345. The molecule has 0 bridgehead atoms. The first-order chi connectivity index (χ1) is 7.79. The highest BCUT2D eigenvalue weighted by Gasteiger charge is 2.33. The first kappa shape index (κ1) is 11.5. The summed E-state index contributed by atoms with van der Waals surface area (Å²) in [4.78, 5) is 4.57. The van der Waals surface area contributed by atoms with Gasteiger partial charge in [-0.05, 0) is 41.7 Å². The zero-order valence-electron chi connectivity index (χ0n) is 9.86. The van der Waals surface area contributed by atoms with Crippen LogP contribution in [-0.4, -0.2) is 18.5 Å². The van der Waals surface area contributed by atoms with E-state index in [0.717, 1.165) is 25.0 Å². The Morgan fingerprint density at radius 2 is 2.44 bits per heavy atom. The van der Waals surface area contributed by atoms with Gasteiger partial charge in [-0.3, -0.25) is 0 Å². The first-order valence-electron chi connectivity index (χ1n) is 5.85. The molecule has 3 nitrogen and oxygen atoms in total. The van der Waals surface area contributed by atoms with Crippen molar-refractivity contribution in [2.45, 2.75) is 32.9 Å². The Morgan fingerprint density at radius 3 is 3.00 bits per heavy atom. The van der Waals surface area contributed by atoms with Gasteiger partial charge in [-0.25, -0.2) is 4.99 Å². The maximum atomic E-state index is 4.57. The Kier molecular flexibility index (Phi) is 3.83. The van der Waals surface area contributed by atoms with E-state index in [0.29, 0.717) is 6.04 Å². The third-order valence-corrected chi connectivity index (χ3v) is 3.51. The van der Waals surface area contributed by atoms with Gasteiger partial charge in [0.05, 0.1) is 6.54 Å². The largest absolute Gasteiger partial charge is 0.357 e. The van der Waals surface area contributed by atoms with Crippen LogP contribution in [0.3, 0.4) is 0 Å². The second-order valence-electron chi connectivity index (χ2n) is 4.29. The third-order valence-electron chi connectivity index (χ3n) is 2.78. The predicted molar refractivity (Wildman–Crippen MR) is 69.8 cm³/mol. The minimum Gasteiger partial charge on any atom is -0.357 e. The van der Waals surface area contributed by atoms with Crippen LogP contribution in [0.2, 0.25) is 0 Å². The molecule has 0 aliphatic heterocycles. The van der Waals surface area contributed by atoms with Gasteiger partial charge in [-0.15, -0.1) is 0 Å². The number of rotatable bonds is 4. The standard InChI is InChI=1S/C12H19N3S/c1-3-13-12(15-11-6-9(11)2)14-7-10-4-5-16-8-10/h4-5,8-9,11H,3,6-7H2,1-2H3,(H2,13,14,15). The van der Waals surface area contributed by atoms with E-state index in [1.807, 2.05) is 0 Å². The molecule has 0 saturated heterocycles. The van der Waals surface area contributed by atoms with Crippen molar-refractivity contribution in [3.8, 4) is 0 Å². The van der Waals surface area contributed by atoms with E-state index < -0.39 is 0 Å². The number of guanidine groups is 1. The van der Waals surface area contributed by atoms with Crippen LogP contribution in [0.15, 0.2) is 21.8 Å². The average molecular weight is 237 g/mol. The number of hydrogen-bond acceptors (Lipinski definition) is 2. The van der Waals surface area contributed by atoms with E-state index >= 15 is 0 Å². The molecule has 1 aromatic rings. The summed E-state index contributed by atoms with van der Waals surface area (Å²) >= 11 is 1.72. The Balaban J connectivity index is 1.87. The maximum Gasteiger partial charge on any atom is 0.191 e. The van der Waals surface area contributed by atoms with Crippen LogP contribution in [0.5, 0.6) is 0 Å². The molecule has 88 valence electrons. The quantitative estimate of drug-likeness (QED) is 0.622. The molecule has 1 heterocycles. The molecule has 1 aliphatic rings. The van der Waals surface area contributed by atoms with Gasteiger partial charge in [0.2, 0.25) is 0 Å². The summed E-state index contributed by atoms with van der Waals surface area (Å²) in [6.07, 6.45) is 1.27. The molecule has 2 rings (SSSR count). The fourth-order valence-electron chi connectivity index (χ4n) is 1.57. The maximum absolute atomic E-state index is 4.57. The van der Waals surface area contributed by atoms with Crippen LogP contribution < -0.4 is 10.6 Å². The smallest absolute Gasteiger partial charge is 0.191 e. The van der Waals surface area contributed by atoms with Gasteiger partial charge in [-0.2, -0.15) is 11.3 Å². The lowest BCUT2D eigenvalue weighted by Crippen LogP contribution is -2.39. The predicted octanol–water partition coefficient (Wildman–Crippen LogP) is 2.21. The monoisotopic (exact) mass is 237 g/mol. The molecule has 0 aromatic carbocycles. The molecular formula is C12H19N3S. The van der Waals surface area contributed by atoms with Crippen molar-refractivity contribution >= 4 is 17.3 Å². The second kappa shape index (κ2) is 5.34. The molecule has 2 N–H and O–H groups in total. The van der Waals surface area contributed by atoms with Crippen molar-refractivity contribution in [3.05, 3.63) is 22.4 Å². The Hall–Kier alpha value is -1.03. The minimum atomic E-state index is 0.625. The summed E-state index contributed by atoms with van der Waals surface area (Å²) in [7, 11) is 0. The van der Waals surface area contributed by atoms with Crippen molar-refractivity contribution < 1.29 is 0 Å². The number of nitrogens with one attached hydrogen (secondary N) is 2. The van der Waals surface area contributed by atoms with Gasteiger partial charge in [0.1, 0.15) is 0 Å². The minimum absolute atomic E-state index is 0.625. The normalized spacial score (nSPS) is 24.2. The molecule has 1 saturated carbocycles. The molecule has 1 aromatic heterocycles. The summed E-state index contributed by atoms with van der Waals surface area (Å²) in [6, 6.07) is 2.75. The molecule has 2 atom stereocenters. The lowest BCUT2D eigenvalue weighted by molar-refractivity contribution is 0.766. The lowest BCUT2D eigenvalue weighted by atomic mass is 10.3. The fraction of sp³-hybridized carbons (Fsp3) is 0.583. The van der Waals surface area contributed by atoms with Gasteiger partial charge in [-0.1, -0.05) is 6.92 Å². The van der Waals surface area contributed by atoms with E-state index in [4.69, 9.17) is 0 Å². The molecule has 1 fully saturated rings. The SMILES string of the molecule is CCNC(=NCc1ccsc1)NC1CC1C. The zero-order chi connectivity index (χ0) is 11.4. The van der Waals surface area contributed by atoms with Crippen LogP contribution in [0, 0.1) is 5.92 Å². The van der Waals surface area contributed by atoms with Gasteiger partial charge >= 0.3 is 0 Å². The zero-order valence-corrected chi connectivity index (χ0v) is 10.7. The molecule has 2 unspecified atom stereocenters. The Labute approximate surface area is 101 Å². The van der Waals surface area contributed by atoms with Crippen LogP contribution in [0.4, 0.5) is 0 Å². The topological polar surface area (TPSA) is 36.4 Å². The molecule has 0 spiro atoms. The first-order valence-corrected chi connectivity index (χ1v) is 6.79. The van der Waals surface area contributed by atoms with E-state index in [1.165, 1.54) is 12.0 Å². The van der Waals surface area contributed by atoms with Crippen LogP contribution in [0.25, 0.3) is 0 Å². The number of aliphatic imine (C=N–C) groups is 1. The fourth-order valence-corrected chi connectivity index (χ4v) is 2.23. The van der Waals surface area contributed by atoms with Gasteiger partial charge in [0.15, 0.2) is 5.96 Å². The highest BCUT2D eigenvalue weighted by atomic mass is 32.1. The van der Waals surface area contributed by atoms with Crippen molar-refractivity contribution in [1.29, 1.82) is 0 Å². The number of hydrogen-bond donors (Lipinski definition) is 2. The van der Waals surface area contributed by atoms with Crippen LogP contribution >= 0.6 is 11.3 Å². The van der Waals surface area contributed by atoms with Gasteiger partial charge in [0.25, 0.3) is 0 Å². The molecule has 0 amide bonds. The highest BCUT2D eigenvalue weighted by molar-refractivity contribution is 7.07. The average Bonchev–Trinajstić information content (AvgIpc) is 2.80. The van der Waals surface area contributed by atoms with E-state index in [-0.39, 0.29) is 0 Å². The third kappa shape index (κ3) is 3.23. The Morgan fingerprint density at radius 1 is 1.62 bits per heavy atom. The molecule has 16 heavy (non-hydrogen) atoms. The van der Waals surface area contributed by atoms with Crippen LogP contribution in [0.1, 0.15) is 25.8 Å². The number of nitrogens with zero attached hydrogens (tertiary/aromatic N) is 1. The van der Waals surface area contributed by atoms with E-state index in [2.05, 4.69) is 46.3 Å². The van der Waals surface area contributed by atoms with Gasteiger partial charge < -0.3 is 10.6 Å². The highest BCUT2D eigenvalue weighted by Crippen LogP contribution is 2.28. The summed E-state index contributed by atoms with van der Waals surface area (Å²) < 4.78 is 0. The van der Waals surface area contributed by atoms with E-state index in [9.17, 15) is 0 Å². The van der Waals surface area contributed by atoms with Gasteiger partial charge in [0, 0.05) is 12.6 Å². The molecular weight excluding hydrogens is 218 g/mol. The van der Waals surface area contributed by atoms with Crippen LogP contribution in [-0.2, 0) is 6.54 Å². The summed E-state index contributed by atoms with van der Waals surface area (Å²) in [5.41, 5.74) is 1.28. The molecule has 1 aliphatic carbocycles. The molecule has 4 heteroatoms. The lowest BCUT2D eigenvalue weighted by Gasteiger charge is -2.10. The molecule has 0 radical (unpaired) electrons. The van der Waals surface area contributed by atoms with E-state index in [1.54, 1.807) is 11.3 Å². The summed E-state index contributed by atoms with van der Waals surface area (Å²) in [6.45, 7) is 6.04.